The number of rotatable bonds is 3. The molecule has 1 unspecified atom stereocenters. The van der Waals surface area contributed by atoms with E-state index in [1.807, 2.05) is 0 Å². The quantitative estimate of drug-likeness (QED) is 0.560. The largest absolute Gasteiger partial charge is 0.389 e. The summed E-state index contributed by atoms with van der Waals surface area (Å²) in [6, 6.07) is 0. The summed E-state index contributed by atoms with van der Waals surface area (Å²) in [6.07, 6.45) is 16.4. The van der Waals surface area contributed by atoms with Crippen molar-refractivity contribution in [1.82, 2.24) is 0 Å². The van der Waals surface area contributed by atoms with Crippen LogP contribution in [-0.4, -0.2) is 11.2 Å². The van der Waals surface area contributed by atoms with Crippen molar-refractivity contribution in [2.45, 2.75) is 76.7 Å². The Morgan fingerprint density at radius 1 is 1.06 bits per heavy atom. The topological polar surface area (TPSA) is 20.2 Å². The third kappa shape index (κ3) is 3.62. The van der Waals surface area contributed by atoms with Gasteiger partial charge in [-0.25, -0.2) is 0 Å². The fourth-order valence-corrected chi connectivity index (χ4v) is 3.23. The third-order valence-electron chi connectivity index (χ3n) is 4.29. The molecule has 0 saturated heterocycles. The summed E-state index contributed by atoms with van der Waals surface area (Å²) in [4.78, 5) is 0. The van der Waals surface area contributed by atoms with Gasteiger partial charge >= 0.3 is 0 Å². The Kier molecular flexibility index (Phi) is 4.90. The lowest BCUT2D eigenvalue weighted by Crippen LogP contribution is -2.17. The van der Waals surface area contributed by atoms with Crippen LogP contribution in [0.25, 0.3) is 0 Å². The lowest BCUT2D eigenvalue weighted by atomic mass is 9.87. The van der Waals surface area contributed by atoms with Gasteiger partial charge in [0, 0.05) is 0 Å². The minimum atomic E-state index is -0.122. The predicted molar refractivity (Wildman–Crippen MR) is 68.4 cm³/mol. The Morgan fingerprint density at radius 3 is 2.44 bits per heavy atom. The van der Waals surface area contributed by atoms with Crippen LogP contribution >= 0.6 is 0 Å². The van der Waals surface area contributed by atoms with E-state index >= 15 is 0 Å². The van der Waals surface area contributed by atoms with E-state index < -0.39 is 0 Å². The minimum absolute atomic E-state index is 0.122. The molecule has 0 aromatic heterocycles. The van der Waals surface area contributed by atoms with Gasteiger partial charge < -0.3 is 5.11 Å². The van der Waals surface area contributed by atoms with Crippen molar-refractivity contribution in [1.29, 1.82) is 0 Å². The zero-order valence-corrected chi connectivity index (χ0v) is 10.5. The van der Waals surface area contributed by atoms with Crippen molar-refractivity contribution >= 4 is 0 Å². The Bertz CT molecular complexity index is 224. The maximum atomic E-state index is 10.2. The van der Waals surface area contributed by atoms with Crippen molar-refractivity contribution in [2.24, 2.45) is 5.92 Å². The lowest BCUT2D eigenvalue weighted by molar-refractivity contribution is 0.164. The van der Waals surface area contributed by atoms with Crippen molar-refractivity contribution in [3.63, 3.8) is 0 Å². The maximum Gasteiger partial charge on any atom is 0.0752 e. The smallest absolute Gasteiger partial charge is 0.0752 e. The van der Waals surface area contributed by atoms with Gasteiger partial charge in [0.05, 0.1) is 6.10 Å². The van der Waals surface area contributed by atoms with Gasteiger partial charge in [-0.15, -0.1) is 0 Å². The molecule has 1 saturated carbocycles. The number of hydrogen-bond acceptors (Lipinski definition) is 1. The molecular weight excluding hydrogens is 196 g/mol. The van der Waals surface area contributed by atoms with E-state index in [1.165, 1.54) is 63.4 Å². The number of aliphatic hydroxyl groups is 1. The second-order valence-electron chi connectivity index (χ2n) is 5.63. The maximum absolute atomic E-state index is 10.2. The molecule has 0 heterocycles. The first-order valence-electron chi connectivity index (χ1n) is 7.23. The average Bonchev–Trinajstić information content (AvgIpc) is 2.59. The molecule has 1 nitrogen and oxygen atoms in total. The fraction of sp³-hybridized carbons (Fsp3) is 0.867. The van der Waals surface area contributed by atoms with Gasteiger partial charge in [0.25, 0.3) is 0 Å². The van der Waals surface area contributed by atoms with Crippen LogP contribution in [0.1, 0.15) is 70.6 Å². The third-order valence-corrected chi connectivity index (χ3v) is 4.29. The molecule has 2 aliphatic rings. The highest BCUT2D eigenvalue weighted by atomic mass is 16.3. The summed E-state index contributed by atoms with van der Waals surface area (Å²) < 4.78 is 0. The Balaban J connectivity index is 1.80. The Hall–Kier alpha value is -0.300. The molecule has 16 heavy (non-hydrogen) atoms. The molecule has 1 fully saturated rings. The lowest BCUT2D eigenvalue weighted by Gasteiger charge is -2.23. The summed E-state index contributed by atoms with van der Waals surface area (Å²) in [6.45, 7) is 0. The van der Waals surface area contributed by atoms with E-state index in [0.717, 1.165) is 18.8 Å². The molecule has 0 aromatic carbocycles. The zero-order valence-electron chi connectivity index (χ0n) is 10.5. The summed E-state index contributed by atoms with van der Waals surface area (Å²) in [5.74, 6) is 0.792. The van der Waals surface area contributed by atoms with Crippen LogP contribution in [0.2, 0.25) is 0 Å². The summed E-state index contributed by atoms with van der Waals surface area (Å²) in [5, 5.41) is 10.2. The van der Waals surface area contributed by atoms with Crippen LogP contribution in [0, 0.1) is 5.92 Å². The Morgan fingerprint density at radius 2 is 1.81 bits per heavy atom. The SMILES string of the molecule is OC(CC1CCCCCC1)C1=CCCCC1. The van der Waals surface area contributed by atoms with Crippen LogP contribution in [-0.2, 0) is 0 Å². The molecule has 1 N–H and O–H groups in total. The molecule has 2 rings (SSSR count). The van der Waals surface area contributed by atoms with E-state index in [1.54, 1.807) is 0 Å². The van der Waals surface area contributed by atoms with Crippen LogP contribution in [0.4, 0.5) is 0 Å². The van der Waals surface area contributed by atoms with Gasteiger partial charge in [0.1, 0.15) is 0 Å². The van der Waals surface area contributed by atoms with Crippen LogP contribution in [0.3, 0.4) is 0 Å². The van der Waals surface area contributed by atoms with Crippen molar-refractivity contribution in [3.8, 4) is 0 Å². The van der Waals surface area contributed by atoms with Gasteiger partial charge in [0.2, 0.25) is 0 Å². The van der Waals surface area contributed by atoms with Gasteiger partial charge in [0.15, 0.2) is 0 Å². The van der Waals surface area contributed by atoms with Gasteiger partial charge in [-0.1, -0.05) is 44.6 Å². The van der Waals surface area contributed by atoms with E-state index in [-0.39, 0.29) is 6.10 Å². The van der Waals surface area contributed by atoms with Gasteiger partial charge in [-0.3, -0.25) is 0 Å². The highest BCUT2D eigenvalue weighted by Gasteiger charge is 2.19. The van der Waals surface area contributed by atoms with Crippen LogP contribution in [0.5, 0.6) is 0 Å². The standard InChI is InChI=1S/C15H26O/c16-15(14-10-6-3-7-11-14)12-13-8-4-1-2-5-9-13/h10,13,15-16H,1-9,11-12H2. The molecular formula is C15H26O. The van der Waals surface area contributed by atoms with E-state index in [2.05, 4.69) is 6.08 Å². The van der Waals surface area contributed by atoms with Crippen LogP contribution < -0.4 is 0 Å². The average molecular weight is 222 g/mol. The second-order valence-corrected chi connectivity index (χ2v) is 5.63. The number of aliphatic hydroxyl groups excluding tert-OH is 1. The van der Waals surface area contributed by atoms with Crippen molar-refractivity contribution in [2.75, 3.05) is 0 Å². The van der Waals surface area contributed by atoms with Crippen molar-refractivity contribution < 1.29 is 5.11 Å². The molecule has 0 spiro atoms. The van der Waals surface area contributed by atoms with E-state index in [4.69, 9.17) is 0 Å². The predicted octanol–water partition coefficient (Wildman–Crippen LogP) is 4.21. The molecule has 1 heteroatoms. The molecule has 0 radical (unpaired) electrons. The van der Waals surface area contributed by atoms with E-state index in [0.29, 0.717) is 0 Å². The molecule has 2 aliphatic carbocycles. The molecule has 0 aliphatic heterocycles. The molecule has 0 aromatic rings. The molecule has 0 amide bonds. The zero-order chi connectivity index (χ0) is 11.2. The van der Waals surface area contributed by atoms with Gasteiger partial charge in [-0.2, -0.15) is 0 Å². The van der Waals surface area contributed by atoms with Crippen molar-refractivity contribution in [3.05, 3.63) is 11.6 Å². The van der Waals surface area contributed by atoms with E-state index in [9.17, 15) is 5.11 Å². The first-order valence-corrected chi connectivity index (χ1v) is 7.23. The van der Waals surface area contributed by atoms with Crippen LogP contribution in [0.15, 0.2) is 11.6 Å². The van der Waals surface area contributed by atoms with Gasteiger partial charge in [-0.05, 0) is 43.6 Å². The summed E-state index contributed by atoms with van der Waals surface area (Å²) >= 11 is 0. The first-order chi connectivity index (χ1) is 7.86. The summed E-state index contributed by atoms with van der Waals surface area (Å²) in [5.41, 5.74) is 1.34. The molecule has 92 valence electrons. The number of hydrogen-bond donors (Lipinski definition) is 1. The molecule has 1 atom stereocenters. The fourth-order valence-electron chi connectivity index (χ4n) is 3.23. The number of allylic oxidation sites excluding steroid dienone is 1. The second kappa shape index (κ2) is 6.44. The first kappa shape index (κ1) is 12.2. The molecule has 0 bridgehead atoms. The summed E-state index contributed by atoms with van der Waals surface area (Å²) in [7, 11) is 0. The normalized spacial score (nSPS) is 25.9. The monoisotopic (exact) mass is 222 g/mol. The highest BCUT2D eigenvalue weighted by molar-refractivity contribution is 5.10. The Labute approximate surface area is 99.9 Å². The minimum Gasteiger partial charge on any atom is -0.389 e. The highest BCUT2D eigenvalue weighted by Crippen LogP contribution is 2.30.